The van der Waals surface area contributed by atoms with E-state index in [0.29, 0.717) is 11.3 Å². The Morgan fingerprint density at radius 2 is 2.05 bits per heavy atom. The number of rotatable bonds is 2. The number of nitrogens with one attached hydrogen (secondary N) is 1. The molecule has 4 heteroatoms. The first kappa shape index (κ1) is 12.8. The number of pyridine rings is 1. The molecule has 0 aliphatic heterocycles. The molecule has 0 bridgehead atoms. The number of nitriles is 1. The molecule has 94 valence electrons. The molecule has 1 aromatic carbocycles. The number of hydrogen-bond donors (Lipinski definition) is 1. The number of carbonyl (C=O) groups excluding carboxylic acids is 1. The third-order valence-electron chi connectivity index (χ3n) is 2.78. The van der Waals surface area contributed by atoms with Crippen molar-refractivity contribution in [1.29, 1.82) is 5.26 Å². The monoisotopic (exact) mass is 251 g/mol. The summed E-state index contributed by atoms with van der Waals surface area (Å²) in [6.45, 7) is 3.91. The maximum absolute atomic E-state index is 12.0. The maximum atomic E-state index is 12.0. The van der Waals surface area contributed by atoms with Crippen molar-refractivity contribution in [2.45, 2.75) is 13.8 Å². The van der Waals surface area contributed by atoms with E-state index in [9.17, 15) is 4.79 Å². The lowest BCUT2D eigenvalue weighted by Gasteiger charge is -2.09. The number of nitrogens with zero attached hydrogens (tertiary/aromatic N) is 2. The van der Waals surface area contributed by atoms with Gasteiger partial charge in [0, 0.05) is 11.9 Å². The Morgan fingerprint density at radius 3 is 2.68 bits per heavy atom. The summed E-state index contributed by atoms with van der Waals surface area (Å²) in [5, 5.41) is 11.5. The van der Waals surface area contributed by atoms with Crippen LogP contribution in [0, 0.1) is 25.2 Å². The molecular formula is C15H13N3O. The predicted octanol–water partition coefficient (Wildman–Crippen LogP) is 2.82. The molecule has 2 aromatic rings. The van der Waals surface area contributed by atoms with Gasteiger partial charge in [-0.05, 0) is 43.2 Å². The maximum Gasteiger partial charge on any atom is 0.257 e. The van der Waals surface area contributed by atoms with Gasteiger partial charge in [-0.2, -0.15) is 5.26 Å². The first-order chi connectivity index (χ1) is 9.10. The molecule has 0 aliphatic carbocycles. The molecule has 1 heterocycles. The van der Waals surface area contributed by atoms with Crippen LogP contribution in [0.3, 0.4) is 0 Å². The normalized spacial score (nSPS) is 9.74. The number of carbonyl (C=O) groups is 1. The molecule has 1 amide bonds. The first-order valence-corrected chi connectivity index (χ1v) is 5.85. The van der Waals surface area contributed by atoms with Gasteiger partial charge < -0.3 is 5.32 Å². The molecule has 0 atom stereocenters. The van der Waals surface area contributed by atoms with Gasteiger partial charge >= 0.3 is 0 Å². The Kier molecular flexibility index (Phi) is 3.58. The van der Waals surface area contributed by atoms with Gasteiger partial charge in [0.15, 0.2) is 0 Å². The topological polar surface area (TPSA) is 65.8 Å². The minimum absolute atomic E-state index is 0.231. The molecule has 4 nitrogen and oxygen atoms in total. The van der Waals surface area contributed by atoms with Crippen molar-refractivity contribution in [3.8, 4) is 6.07 Å². The van der Waals surface area contributed by atoms with E-state index in [-0.39, 0.29) is 5.91 Å². The minimum Gasteiger partial charge on any atom is -0.322 e. The van der Waals surface area contributed by atoms with Crippen LogP contribution in [-0.4, -0.2) is 10.9 Å². The zero-order valence-electron chi connectivity index (χ0n) is 10.8. The lowest BCUT2D eigenvalue weighted by molar-refractivity contribution is 0.102. The third-order valence-corrected chi connectivity index (χ3v) is 2.78. The van der Waals surface area contributed by atoms with Gasteiger partial charge in [0.1, 0.15) is 11.8 Å². The summed E-state index contributed by atoms with van der Waals surface area (Å²) < 4.78 is 0. The van der Waals surface area contributed by atoms with E-state index in [2.05, 4.69) is 10.3 Å². The fourth-order valence-corrected chi connectivity index (χ4v) is 1.66. The summed E-state index contributed by atoms with van der Waals surface area (Å²) in [4.78, 5) is 15.9. The molecule has 0 unspecified atom stereocenters. The Labute approximate surface area is 111 Å². The summed E-state index contributed by atoms with van der Waals surface area (Å²) in [7, 11) is 0. The van der Waals surface area contributed by atoms with E-state index in [1.165, 1.54) is 12.3 Å². The zero-order valence-corrected chi connectivity index (χ0v) is 10.8. The van der Waals surface area contributed by atoms with Crippen molar-refractivity contribution in [1.82, 2.24) is 4.98 Å². The minimum atomic E-state index is -0.231. The SMILES string of the molecule is Cc1ccc(C)c(NC(=O)c2ccc(C#N)nc2)c1. The van der Waals surface area contributed by atoms with Crippen molar-refractivity contribution in [3.05, 3.63) is 58.9 Å². The average molecular weight is 251 g/mol. The summed E-state index contributed by atoms with van der Waals surface area (Å²) >= 11 is 0. The van der Waals surface area contributed by atoms with Crippen molar-refractivity contribution < 1.29 is 4.79 Å². The number of anilines is 1. The number of hydrogen-bond acceptors (Lipinski definition) is 3. The summed E-state index contributed by atoms with van der Waals surface area (Å²) in [5.41, 5.74) is 3.59. The summed E-state index contributed by atoms with van der Waals surface area (Å²) in [5.74, 6) is -0.231. The molecule has 19 heavy (non-hydrogen) atoms. The van der Waals surface area contributed by atoms with E-state index in [1.807, 2.05) is 38.1 Å². The molecule has 0 saturated heterocycles. The van der Waals surface area contributed by atoms with Crippen LogP contribution in [0.5, 0.6) is 0 Å². The third kappa shape index (κ3) is 2.96. The second kappa shape index (κ2) is 5.32. The smallest absolute Gasteiger partial charge is 0.257 e. The molecule has 0 fully saturated rings. The lowest BCUT2D eigenvalue weighted by Crippen LogP contribution is -2.13. The van der Waals surface area contributed by atoms with Crippen LogP contribution in [-0.2, 0) is 0 Å². The van der Waals surface area contributed by atoms with E-state index in [0.717, 1.165) is 16.8 Å². The van der Waals surface area contributed by atoms with Crippen LogP contribution >= 0.6 is 0 Å². The Bertz CT molecular complexity index is 654. The molecule has 1 aromatic heterocycles. The Hall–Kier alpha value is -2.67. The standard InChI is InChI=1S/C15H13N3O/c1-10-3-4-11(2)14(7-10)18-15(19)12-5-6-13(8-16)17-9-12/h3-7,9H,1-2H3,(H,18,19). The van der Waals surface area contributed by atoms with Gasteiger partial charge in [-0.3, -0.25) is 4.79 Å². The number of amides is 1. The van der Waals surface area contributed by atoms with Crippen LogP contribution in [0.1, 0.15) is 27.2 Å². The highest BCUT2D eigenvalue weighted by Crippen LogP contribution is 2.17. The predicted molar refractivity (Wildman–Crippen MR) is 72.8 cm³/mol. The van der Waals surface area contributed by atoms with E-state index in [4.69, 9.17) is 5.26 Å². The quantitative estimate of drug-likeness (QED) is 0.892. The van der Waals surface area contributed by atoms with Crippen LogP contribution in [0.4, 0.5) is 5.69 Å². The number of aryl methyl sites for hydroxylation is 2. The summed E-state index contributed by atoms with van der Waals surface area (Å²) in [6, 6.07) is 10.9. The fourth-order valence-electron chi connectivity index (χ4n) is 1.66. The van der Waals surface area contributed by atoms with Crippen LogP contribution in [0.25, 0.3) is 0 Å². The molecule has 1 N–H and O–H groups in total. The van der Waals surface area contributed by atoms with Gasteiger partial charge in [-0.15, -0.1) is 0 Å². The van der Waals surface area contributed by atoms with Gasteiger partial charge in [-0.25, -0.2) is 4.98 Å². The number of benzene rings is 1. The van der Waals surface area contributed by atoms with Crippen molar-refractivity contribution in [2.24, 2.45) is 0 Å². The van der Waals surface area contributed by atoms with Gasteiger partial charge in [0.05, 0.1) is 5.56 Å². The second-order valence-electron chi connectivity index (χ2n) is 4.32. The van der Waals surface area contributed by atoms with Crippen LogP contribution < -0.4 is 5.32 Å². The highest BCUT2D eigenvalue weighted by molar-refractivity contribution is 6.04. The average Bonchev–Trinajstić information content (AvgIpc) is 2.43. The highest BCUT2D eigenvalue weighted by atomic mass is 16.1. The molecule has 0 saturated carbocycles. The van der Waals surface area contributed by atoms with E-state index >= 15 is 0 Å². The van der Waals surface area contributed by atoms with Crippen molar-refractivity contribution >= 4 is 11.6 Å². The van der Waals surface area contributed by atoms with Crippen LogP contribution in [0.2, 0.25) is 0 Å². The Morgan fingerprint density at radius 1 is 1.26 bits per heavy atom. The molecular weight excluding hydrogens is 238 g/mol. The Balaban J connectivity index is 2.21. The fraction of sp³-hybridized carbons (Fsp3) is 0.133. The van der Waals surface area contributed by atoms with Crippen molar-refractivity contribution in [2.75, 3.05) is 5.32 Å². The van der Waals surface area contributed by atoms with E-state index < -0.39 is 0 Å². The lowest BCUT2D eigenvalue weighted by atomic mass is 10.1. The second-order valence-corrected chi connectivity index (χ2v) is 4.32. The molecule has 0 spiro atoms. The number of aromatic nitrogens is 1. The first-order valence-electron chi connectivity index (χ1n) is 5.85. The van der Waals surface area contributed by atoms with Gasteiger partial charge in [0.2, 0.25) is 0 Å². The van der Waals surface area contributed by atoms with Crippen molar-refractivity contribution in [3.63, 3.8) is 0 Å². The molecule has 2 rings (SSSR count). The van der Waals surface area contributed by atoms with Gasteiger partial charge in [0.25, 0.3) is 5.91 Å². The molecule has 0 aliphatic rings. The summed E-state index contributed by atoms with van der Waals surface area (Å²) in [6.07, 6.45) is 1.40. The highest BCUT2D eigenvalue weighted by Gasteiger charge is 2.08. The van der Waals surface area contributed by atoms with Crippen LogP contribution in [0.15, 0.2) is 36.5 Å². The zero-order chi connectivity index (χ0) is 13.8. The largest absolute Gasteiger partial charge is 0.322 e. The van der Waals surface area contributed by atoms with E-state index in [1.54, 1.807) is 6.07 Å². The molecule has 0 radical (unpaired) electrons. The van der Waals surface area contributed by atoms with Gasteiger partial charge in [-0.1, -0.05) is 12.1 Å².